The molecule has 0 heterocycles. The van der Waals surface area contributed by atoms with Gasteiger partial charge in [-0.1, -0.05) is 6.58 Å². The molecule has 0 aromatic rings. The van der Waals surface area contributed by atoms with E-state index >= 15 is 0 Å². The van der Waals surface area contributed by atoms with Crippen LogP contribution in [0, 0.1) is 0 Å². The van der Waals surface area contributed by atoms with Crippen LogP contribution in [0.25, 0.3) is 0 Å². The van der Waals surface area contributed by atoms with Gasteiger partial charge in [-0.3, -0.25) is 4.79 Å². The van der Waals surface area contributed by atoms with Gasteiger partial charge in [-0.15, -0.1) is 0 Å². The van der Waals surface area contributed by atoms with E-state index in [2.05, 4.69) is 11.9 Å². The van der Waals surface area contributed by atoms with Crippen molar-refractivity contribution in [3.8, 4) is 0 Å². The molecule has 64 valence electrons. The smallest absolute Gasteiger partial charge is 0.150 e. The highest BCUT2D eigenvalue weighted by molar-refractivity contribution is 5.84. The highest BCUT2D eigenvalue weighted by Gasteiger charge is 2.18. The average Bonchev–Trinajstić information content (AvgIpc) is 1.88. The number of hydrogen-bond donors (Lipinski definition) is 2. The fourth-order valence-corrected chi connectivity index (χ4v) is 0.891. The molecule has 0 aromatic carbocycles. The van der Waals surface area contributed by atoms with Gasteiger partial charge in [0.25, 0.3) is 0 Å². The molecule has 0 aliphatic heterocycles. The lowest BCUT2D eigenvalue weighted by Crippen LogP contribution is -2.37. The summed E-state index contributed by atoms with van der Waals surface area (Å²) in [5.41, 5.74) is 0.514. The Morgan fingerprint density at radius 3 is 2.18 bits per heavy atom. The molecular weight excluding hydrogens is 142 g/mol. The van der Waals surface area contributed by atoms with Crippen LogP contribution in [0.15, 0.2) is 12.2 Å². The molecule has 0 amide bonds. The van der Waals surface area contributed by atoms with Gasteiger partial charge >= 0.3 is 0 Å². The third-order valence-corrected chi connectivity index (χ3v) is 1.60. The van der Waals surface area contributed by atoms with Crippen LogP contribution >= 0.6 is 0 Å². The Morgan fingerprint density at radius 2 is 2.09 bits per heavy atom. The summed E-state index contributed by atoms with van der Waals surface area (Å²) in [6.07, 6.45) is -0.642. The lowest BCUT2D eigenvalue weighted by Gasteiger charge is -2.17. The molecule has 3 nitrogen and oxygen atoms in total. The minimum atomic E-state index is -0.642. The zero-order valence-electron chi connectivity index (χ0n) is 7.22. The quantitative estimate of drug-likeness (QED) is 0.569. The number of hydrogen-bond acceptors (Lipinski definition) is 3. The van der Waals surface area contributed by atoms with Crippen molar-refractivity contribution in [3.63, 3.8) is 0 Å². The first-order chi connectivity index (χ1) is 5.00. The molecule has 0 radical (unpaired) electrons. The first-order valence-electron chi connectivity index (χ1n) is 3.55. The highest BCUT2D eigenvalue weighted by Crippen LogP contribution is 2.05. The van der Waals surface area contributed by atoms with E-state index in [9.17, 15) is 4.79 Å². The molecule has 0 aliphatic rings. The molecule has 0 fully saturated rings. The predicted octanol–water partition coefficient (Wildman–Crippen LogP) is 0.100. The number of rotatable bonds is 4. The molecule has 0 aromatic heterocycles. The van der Waals surface area contributed by atoms with E-state index in [1.54, 1.807) is 14.0 Å². The normalized spacial score (nSPS) is 15.6. The highest BCUT2D eigenvalue weighted by atomic mass is 16.3. The van der Waals surface area contributed by atoms with E-state index in [1.165, 1.54) is 6.92 Å². The van der Waals surface area contributed by atoms with Crippen LogP contribution in [0.1, 0.15) is 13.8 Å². The number of carbonyl (C=O) groups excluding carboxylic acids is 1. The number of nitrogens with one attached hydrogen (secondary N) is 1. The van der Waals surface area contributed by atoms with Gasteiger partial charge in [0.15, 0.2) is 5.78 Å². The van der Waals surface area contributed by atoms with E-state index in [4.69, 9.17) is 5.11 Å². The van der Waals surface area contributed by atoms with Crippen molar-refractivity contribution in [1.29, 1.82) is 0 Å². The molecule has 0 aliphatic carbocycles. The Kier molecular flexibility index (Phi) is 4.00. The zero-order chi connectivity index (χ0) is 9.02. The van der Waals surface area contributed by atoms with Crippen molar-refractivity contribution in [3.05, 3.63) is 12.2 Å². The molecule has 0 bridgehead atoms. The van der Waals surface area contributed by atoms with Crippen molar-refractivity contribution in [1.82, 2.24) is 5.32 Å². The van der Waals surface area contributed by atoms with Crippen molar-refractivity contribution in [2.24, 2.45) is 0 Å². The first-order valence-corrected chi connectivity index (χ1v) is 3.55. The van der Waals surface area contributed by atoms with Crippen LogP contribution in [0.5, 0.6) is 0 Å². The van der Waals surface area contributed by atoms with Crippen molar-refractivity contribution < 1.29 is 9.90 Å². The second kappa shape index (κ2) is 4.26. The topological polar surface area (TPSA) is 49.3 Å². The lowest BCUT2D eigenvalue weighted by molar-refractivity contribution is -0.118. The van der Waals surface area contributed by atoms with Crippen LogP contribution in [0.2, 0.25) is 0 Å². The van der Waals surface area contributed by atoms with E-state index in [1.807, 2.05) is 0 Å². The molecular formula is C8H15NO2. The fraction of sp³-hybridized carbons (Fsp3) is 0.625. The number of aliphatic hydroxyl groups excluding tert-OH is 1. The van der Waals surface area contributed by atoms with Gasteiger partial charge in [0.1, 0.15) is 0 Å². The first kappa shape index (κ1) is 10.3. The lowest BCUT2D eigenvalue weighted by atomic mass is 10.0. The Hall–Kier alpha value is -0.670. The summed E-state index contributed by atoms with van der Waals surface area (Å²) in [5, 5.41) is 11.9. The number of carbonyl (C=O) groups is 1. The van der Waals surface area contributed by atoms with E-state index in [0.29, 0.717) is 5.57 Å². The Morgan fingerprint density at radius 1 is 1.64 bits per heavy atom. The minimum absolute atomic E-state index is 0.0293. The fourth-order valence-electron chi connectivity index (χ4n) is 0.891. The maximum atomic E-state index is 10.9. The largest absolute Gasteiger partial charge is 0.389 e. The molecule has 0 rings (SSSR count). The summed E-state index contributed by atoms with van der Waals surface area (Å²) in [4.78, 5) is 10.9. The molecule has 11 heavy (non-hydrogen) atoms. The van der Waals surface area contributed by atoms with Crippen molar-refractivity contribution in [2.45, 2.75) is 26.0 Å². The number of ketones is 1. The Balaban J connectivity index is 4.27. The zero-order valence-corrected chi connectivity index (χ0v) is 7.22. The summed E-state index contributed by atoms with van der Waals surface area (Å²) in [7, 11) is 1.67. The standard InChI is InChI=1S/C8H15NO2/c1-5(6(2)10)8(9-4)7(3)11/h6,8-10H,1H2,2-4H3/t6?,8-/m0/s1. The van der Waals surface area contributed by atoms with Crippen molar-refractivity contribution in [2.75, 3.05) is 7.05 Å². The van der Waals surface area contributed by atoms with Gasteiger partial charge in [-0.2, -0.15) is 0 Å². The molecule has 2 atom stereocenters. The molecule has 3 heteroatoms. The van der Waals surface area contributed by atoms with Crippen LogP contribution in [-0.2, 0) is 4.79 Å². The second-order valence-corrected chi connectivity index (χ2v) is 2.58. The molecule has 2 N–H and O–H groups in total. The van der Waals surface area contributed by atoms with E-state index in [-0.39, 0.29) is 5.78 Å². The monoisotopic (exact) mass is 157 g/mol. The summed E-state index contributed by atoms with van der Waals surface area (Å²) < 4.78 is 0. The predicted molar refractivity (Wildman–Crippen MR) is 44.3 cm³/mol. The Bertz CT molecular complexity index is 163. The van der Waals surface area contributed by atoms with Crippen LogP contribution in [-0.4, -0.2) is 30.1 Å². The number of likely N-dealkylation sites (N-methyl/N-ethyl adjacent to an activating group) is 1. The van der Waals surface area contributed by atoms with Crippen LogP contribution in [0.3, 0.4) is 0 Å². The van der Waals surface area contributed by atoms with Gasteiger partial charge in [0.05, 0.1) is 12.1 Å². The summed E-state index contributed by atoms with van der Waals surface area (Å²) >= 11 is 0. The third-order valence-electron chi connectivity index (χ3n) is 1.60. The van der Waals surface area contributed by atoms with Crippen molar-refractivity contribution >= 4 is 5.78 Å². The van der Waals surface area contributed by atoms with Gasteiger partial charge in [0, 0.05) is 0 Å². The minimum Gasteiger partial charge on any atom is -0.389 e. The third kappa shape index (κ3) is 2.82. The SMILES string of the molecule is C=C(C(C)O)[C@H](NC)C(C)=O. The van der Waals surface area contributed by atoms with E-state index < -0.39 is 12.1 Å². The molecule has 0 spiro atoms. The number of Topliss-reactive ketones (excluding diaryl/α,β-unsaturated/α-hetero) is 1. The van der Waals surface area contributed by atoms with Crippen LogP contribution < -0.4 is 5.32 Å². The second-order valence-electron chi connectivity index (χ2n) is 2.58. The van der Waals surface area contributed by atoms with E-state index in [0.717, 1.165) is 0 Å². The van der Waals surface area contributed by atoms with Gasteiger partial charge in [-0.25, -0.2) is 0 Å². The maximum Gasteiger partial charge on any atom is 0.150 e. The summed E-state index contributed by atoms with van der Waals surface area (Å²) in [6, 6.07) is -0.421. The van der Waals surface area contributed by atoms with Gasteiger partial charge < -0.3 is 10.4 Å². The van der Waals surface area contributed by atoms with Crippen LogP contribution in [0.4, 0.5) is 0 Å². The summed E-state index contributed by atoms with van der Waals surface area (Å²) in [6.45, 7) is 6.67. The van der Waals surface area contributed by atoms with Gasteiger partial charge in [0.2, 0.25) is 0 Å². The van der Waals surface area contributed by atoms with Gasteiger partial charge in [-0.05, 0) is 26.5 Å². The number of aliphatic hydroxyl groups is 1. The average molecular weight is 157 g/mol. The summed E-state index contributed by atoms with van der Waals surface area (Å²) in [5.74, 6) is -0.0293. The maximum absolute atomic E-state index is 10.9. The molecule has 0 saturated carbocycles. The Labute approximate surface area is 67.1 Å². The molecule has 0 saturated heterocycles. The molecule has 1 unspecified atom stereocenters.